The summed E-state index contributed by atoms with van der Waals surface area (Å²) in [6.07, 6.45) is 7.63. The lowest BCUT2D eigenvalue weighted by atomic mass is 10.3. The molecule has 1 unspecified atom stereocenters. The molecule has 1 N–H and O–H groups in total. The van der Waals surface area contributed by atoms with Gasteiger partial charge in [0, 0.05) is 32.6 Å². The number of thiazole rings is 1. The van der Waals surface area contributed by atoms with Crippen LogP contribution < -0.4 is 10.2 Å². The highest BCUT2D eigenvalue weighted by atomic mass is 32.1. The third-order valence-electron chi connectivity index (χ3n) is 4.48. The molecule has 0 aromatic carbocycles. The molecule has 0 bridgehead atoms. The Labute approximate surface area is 179 Å². The zero-order valence-electron chi connectivity index (χ0n) is 17.0. The van der Waals surface area contributed by atoms with E-state index >= 15 is 0 Å². The summed E-state index contributed by atoms with van der Waals surface area (Å²) in [5.41, 5.74) is 0. The van der Waals surface area contributed by atoms with Gasteiger partial charge in [0.05, 0.1) is 58.0 Å². The summed E-state index contributed by atoms with van der Waals surface area (Å²) >= 11 is 1.18. The molecule has 1 fully saturated rings. The number of anilines is 1. The van der Waals surface area contributed by atoms with Crippen LogP contribution in [0.15, 0.2) is 24.9 Å². The van der Waals surface area contributed by atoms with Gasteiger partial charge in [-0.1, -0.05) is 11.3 Å². The molecule has 0 aliphatic carbocycles. The second kappa shape index (κ2) is 11.7. The molecular weight excluding hydrogens is 410 g/mol. The number of rotatable bonds is 11. The van der Waals surface area contributed by atoms with Crippen LogP contribution in [0.25, 0.3) is 0 Å². The summed E-state index contributed by atoms with van der Waals surface area (Å²) in [6, 6.07) is 0. The molecule has 164 valence electrons. The number of ether oxygens (including phenoxy) is 3. The van der Waals surface area contributed by atoms with Crippen LogP contribution in [0.3, 0.4) is 0 Å². The van der Waals surface area contributed by atoms with E-state index in [-0.39, 0.29) is 24.3 Å². The molecule has 0 saturated carbocycles. The van der Waals surface area contributed by atoms with Gasteiger partial charge in [-0.05, 0) is 6.42 Å². The number of nitrogens with zero attached hydrogens (tertiary/aromatic N) is 4. The number of methoxy groups -OCH3 is 1. The van der Waals surface area contributed by atoms with Gasteiger partial charge >= 0.3 is 0 Å². The standard InChI is InChI=1S/C19H27N5O5S/c1-27-8-3-17(25)24(12-15-13-28-9-10-29-15)19-22-11-16(30-19)18(26)21-4-2-6-23-7-5-20-14-23/h5,7,11,14-15H,2-4,6,8-10,12-13H2,1H3,(H,21,26). The summed E-state index contributed by atoms with van der Waals surface area (Å²) in [6.45, 7) is 3.41. The maximum atomic E-state index is 12.7. The maximum absolute atomic E-state index is 12.7. The minimum absolute atomic E-state index is 0.132. The SMILES string of the molecule is COCCC(=O)N(CC1COCCO1)c1ncc(C(=O)NCCCn2ccnc2)s1. The first-order valence-corrected chi connectivity index (χ1v) is 10.7. The van der Waals surface area contributed by atoms with Crippen LogP contribution in [0.2, 0.25) is 0 Å². The van der Waals surface area contributed by atoms with Gasteiger partial charge in [0.1, 0.15) is 4.88 Å². The van der Waals surface area contributed by atoms with Crippen LogP contribution in [0.5, 0.6) is 0 Å². The number of nitrogens with one attached hydrogen (secondary N) is 1. The Morgan fingerprint density at radius 3 is 3.07 bits per heavy atom. The van der Waals surface area contributed by atoms with Crippen molar-refractivity contribution >= 4 is 28.3 Å². The lowest BCUT2D eigenvalue weighted by Crippen LogP contribution is -2.43. The smallest absolute Gasteiger partial charge is 0.263 e. The van der Waals surface area contributed by atoms with Gasteiger partial charge in [-0.25, -0.2) is 9.97 Å². The minimum atomic E-state index is -0.227. The van der Waals surface area contributed by atoms with Crippen molar-refractivity contribution < 1.29 is 23.8 Å². The van der Waals surface area contributed by atoms with Gasteiger partial charge in [0.2, 0.25) is 5.91 Å². The lowest BCUT2D eigenvalue weighted by Gasteiger charge is -2.28. The molecule has 0 spiro atoms. The number of aryl methyl sites for hydroxylation is 1. The highest BCUT2D eigenvalue weighted by Crippen LogP contribution is 2.24. The molecule has 1 saturated heterocycles. The molecule has 3 rings (SSSR count). The molecule has 2 aromatic heterocycles. The topological polar surface area (TPSA) is 108 Å². The van der Waals surface area contributed by atoms with Gasteiger partial charge in [-0.15, -0.1) is 0 Å². The van der Waals surface area contributed by atoms with E-state index in [9.17, 15) is 9.59 Å². The highest BCUT2D eigenvalue weighted by molar-refractivity contribution is 7.17. The number of hydrogen-bond donors (Lipinski definition) is 1. The highest BCUT2D eigenvalue weighted by Gasteiger charge is 2.26. The van der Waals surface area contributed by atoms with E-state index in [2.05, 4.69) is 15.3 Å². The van der Waals surface area contributed by atoms with E-state index in [4.69, 9.17) is 14.2 Å². The van der Waals surface area contributed by atoms with Crippen molar-refractivity contribution in [3.63, 3.8) is 0 Å². The summed E-state index contributed by atoms with van der Waals surface area (Å²) in [4.78, 5) is 35.4. The van der Waals surface area contributed by atoms with Crippen LogP contribution >= 0.6 is 11.3 Å². The Morgan fingerprint density at radius 1 is 1.43 bits per heavy atom. The average molecular weight is 438 g/mol. The Bertz CT molecular complexity index is 791. The molecule has 10 nitrogen and oxygen atoms in total. The van der Waals surface area contributed by atoms with Gasteiger partial charge < -0.3 is 24.1 Å². The number of carbonyl (C=O) groups is 2. The first-order chi connectivity index (χ1) is 14.7. The van der Waals surface area contributed by atoms with Crippen molar-refractivity contribution in [2.75, 3.05) is 51.5 Å². The minimum Gasteiger partial charge on any atom is -0.384 e. The second-order valence-electron chi connectivity index (χ2n) is 6.73. The summed E-state index contributed by atoms with van der Waals surface area (Å²) < 4.78 is 18.1. The van der Waals surface area contributed by atoms with E-state index in [1.165, 1.54) is 17.5 Å². The zero-order chi connectivity index (χ0) is 21.2. The van der Waals surface area contributed by atoms with Crippen molar-refractivity contribution in [2.45, 2.75) is 25.5 Å². The zero-order valence-corrected chi connectivity index (χ0v) is 17.8. The average Bonchev–Trinajstić information content (AvgIpc) is 3.46. The predicted octanol–water partition coefficient (Wildman–Crippen LogP) is 0.945. The van der Waals surface area contributed by atoms with E-state index in [1.807, 2.05) is 10.8 Å². The predicted molar refractivity (Wildman–Crippen MR) is 111 cm³/mol. The first kappa shape index (κ1) is 22.3. The summed E-state index contributed by atoms with van der Waals surface area (Å²) in [5, 5.41) is 3.35. The van der Waals surface area contributed by atoms with Crippen LogP contribution in [0, 0.1) is 0 Å². The fourth-order valence-corrected chi connectivity index (χ4v) is 3.78. The second-order valence-corrected chi connectivity index (χ2v) is 7.74. The Balaban J connectivity index is 1.56. The molecule has 11 heteroatoms. The van der Waals surface area contributed by atoms with Crippen molar-refractivity contribution in [3.05, 3.63) is 29.8 Å². The number of aromatic nitrogens is 3. The van der Waals surface area contributed by atoms with E-state index < -0.39 is 0 Å². The number of hydrogen-bond acceptors (Lipinski definition) is 8. The number of carbonyl (C=O) groups excluding carboxylic acids is 2. The fourth-order valence-electron chi connectivity index (χ4n) is 2.92. The van der Waals surface area contributed by atoms with Gasteiger partial charge in [0.15, 0.2) is 5.13 Å². The molecular formula is C19H27N5O5S. The third-order valence-corrected chi connectivity index (χ3v) is 5.50. The van der Waals surface area contributed by atoms with Crippen LogP contribution in [-0.2, 0) is 25.5 Å². The Morgan fingerprint density at radius 2 is 2.33 bits per heavy atom. The van der Waals surface area contributed by atoms with Gasteiger partial charge in [0.25, 0.3) is 5.91 Å². The molecule has 3 heterocycles. The largest absolute Gasteiger partial charge is 0.384 e. The molecule has 2 aromatic rings. The quantitative estimate of drug-likeness (QED) is 0.521. The number of amides is 2. The molecule has 2 amide bonds. The molecule has 1 aliphatic heterocycles. The summed E-state index contributed by atoms with van der Waals surface area (Å²) in [5.74, 6) is -0.335. The van der Waals surface area contributed by atoms with Crippen molar-refractivity contribution in [1.29, 1.82) is 0 Å². The molecule has 1 atom stereocenters. The lowest BCUT2D eigenvalue weighted by molar-refractivity contribution is -0.121. The van der Waals surface area contributed by atoms with E-state index in [0.29, 0.717) is 49.5 Å². The van der Waals surface area contributed by atoms with Crippen molar-refractivity contribution in [1.82, 2.24) is 19.9 Å². The first-order valence-electron chi connectivity index (χ1n) is 9.86. The van der Waals surface area contributed by atoms with Crippen molar-refractivity contribution in [2.24, 2.45) is 0 Å². The molecule has 1 aliphatic rings. The number of imidazole rings is 1. The normalized spacial score (nSPS) is 16.4. The van der Waals surface area contributed by atoms with Crippen LogP contribution in [0.1, 0.15) is 22.5 Å². The maximum Gasteiger partial charge on any atom is 0.263 e. The van der Waals surface area contributed by atoms with E-state index in [1.54, 1.807) is 24.5 Å². The monoisotopic (exact) mass is 437 g/mol. The molecule has 30 heavy (non-hydrogen) atoms. The van der Waals surface area contributed by atoms with Crippen LogP contribution in [0.4, 0.5) is 5.13 Å². The summed E-state index contributed by atoms with van der Waals surface area (Å²) in [7, 11) is 1.55. The molecule has 0 radical (unpaired) electrons. The van der Waals surface area contributed by atoms with Gasteiger partial charge in [-0.3, -0.25) is 14.5 Å². The van der Waals surface area contributed by atoms with Crippen LogP contribution in [-0.4, -0.2) is 79.1 Å². The van der Waals surface area contributed by atoms with E-state index in [0.717, 1.165) is 13.0 Å². The third kappa shape index (κ3) is 6.59. The van der Waals surface area contributed by atoms with Gasteiger partial charge in [-0.2, -0.15) is 0 Å². The van der Waals surface area contributed by atoms with Crippen molar-refractivity contribution in [3.8, 4) is 0 Å². The Kier molecular flexibility index (Phi) is 8.75. The fraction of sp³-hybridized carbons (Fsp3) is 0.579. The Hall–Kier alpha value is -2.34.